The van der Waals surface area contributed by atoms with Crippen molar-refractivity contribution in [2.24, 2.45) is 0 Å². The number of para-hydroxylation sites is 1. The molecule has 0 atom stereocenters. The van der Waals surface area contributed by atoms with Crippen molar-refractivity contribution in [3.8, 4) is 17.6 Å². The molecular weight excluding hydrogens is 340 g/mol. The Kier molecular flexibility index (Phi) is 6.62. The van der Waals surface area contributed by atoms with Crippen LogP contribution in [0.3, 0.4) is 0 Å². The number of hydrogen-bond acceptors (Lipinski definition) is 4. The van der Waals surface area contributed by atoms with Gasteiger partial charge >= 0.3 is 0 Å². The lowest BCUT2D eigenvalue weighted by molar-refractivity contribution is -0.111. The van der Waals surface area contributed by atoms with Gasteiger partial charge < -0.3 is 14.8 Å². The molecule has 0 unspecified atom stereocenters. The second kappa shape index (κ2) is 8.91. The fourth-order valence-electron chi connectivity index (χ4n) is 2.61. The van der Waals surface area contributed by atoms with Crippen LogP contribution in [0.4, 0.5) is 5.69 Å². The molecule has 0 radical (unpaired) electrons. The predicted octanol–water partition coefficient (Wildman–Crippen LogP) is 4.55. The van der Waals surface area contributed by atoms with E-state index in [1.165, 1.54) is 13.2 Å². The van der Waals surface area contributed by atoms with Crippen molar-refractivity contribution >= 4 is 17.7 Å². The molecule has 0 fully saturated rings. The van der Waals surface area contributed by atoms with Gasteiger partial charge in [0.2, 0.25) is 5.91 Å². The molecular formula is C22H24N2O3. The number of nitrogens with one attached hydrogen (secondary N) is 1. The molecule has 0 saturated carbocycles. The standard InChI is InChI=1S/C22H24N2O3/c1-22(2,3)17-7-5-6-8-18(17)24-21(25)12-10-16-9-11-19(27-14-13-23)20(15-16)26-4/h5-12,15H,14H2,1-4H3,(H,24,25)/b12-10+. The number of ether oxygens (including phenoxy) is 2. The Bertz CT molecular complexity index is 874. The Hall–Kier alpha value is -3.26. The molecule has 0 saturated heterocycles. The largest absolute Gasteiger partial charge is 0.493 e. The number of nitrogens with zero attached hydrogens (tertiary/aromatic N) is 1. The van der Waals surface area contributed by atoms with Gasteiger partial charge in [0.15, 0.2) is 18.1 Å². The highest BCUT2D eigenvalue weighted by molar-refractivity contribution is 6.02. The molecule has 5 nitrogen and oxygen atoms in total. The van der Waals surface area contributed by atoms with E-state index < -0.39 is 0 Å². The first kappa shape index (κ1) is 20.1. The second-order valence-corrected chi connectivity index (χ2v) is 6.98. The van der Waals surface area contributed by atoms with Crippen molar-refractivity contribution in [3.63, 3.8) is 0 Å². The number of rotatable bonds is 6. The topological polar surface area (TPSA) is 71.3 Å². The van der Waals surface area contributed by atoms with E-state index >= 15 is 0 Å². The molecule has 0 spiro atoms. The minimum Gasteiger partial charge on any atom is -0.493 e. The number of anilines is 1. The van der Waals surface area contributed by atoms with E-state index in [1.807, 2.05) is 30.3 Å². The maximum Gasteiger partial charge on any atom is 0.248 e. The first-order valence-electron chi connectivity index (χ1n) is 8.61. The third kappa shape index (κ3) is 5.61. The minimum atomic E-state index is -0.213. The van der Waals surface area contributed by atoms with Gasteiger partial charge in [-0.2, -0.15) is 5.26 Å². The van der Waals surface area contributed by atoms with E-state index in [0.29, 0.717) is 11.5 Å². The zero-order valence-electron chi connectivity index (χ0n) is 16.1. The number of nitriles is 1. The number of carbonyl (C=O) groups excluding carboxylic acids is 1. The zero-order valence-corrected chi connectivity index (χ0v) is 16.1. The average molecular weight is 364 g/mol. The van der Waals surface area contributed by atoms with Gasteiger partial charge in [-0.3, -0.25) is 4.79 Å². The molecule has 5 heteroatoms. The molecule has 0 heterocycles. The first-order chi connectivity index (χ1) is 12.8. The summed E-state index contributed by atoms with van der Waals surface area (Å²) in [4.78, 5) is 12.3. The number of methoxy groups -OCH3 is 1. The van der Waals surface area contributed by atoms with E-state index in [0.717, 1.165) is 16.8 Å². The fraction of sp³-hybridized carbons (Fsp3) is 0.273. The molecule has 27 heavy (non-hydrogen) atoms. The molecule has 0 aromatic heterocycles. The van der Waals surface area contributed by atoms with Gasteiger partial charge in [0.05, 0.1) is 7.11 Å². The molecule has 0 bridgehead atoms. The normalized spacial score (nSPS) is 11.1. The number of benzene rings is 2. The lowest BCUT2D eigenvalue weighted by atomic mass is 9.86. The van der Waals surface area contributed by atoms with Gasteiger partial charge in [-0.1, -0.05) is 45.0 Å². The van der Waals surface area contributed by atoms with Crippen molar-refractivity contribution in [3.05, 3.63) is 59.7 Å². The van der Waals surface area contributed by atoms with Crippen LogP contribution in [0.5, 0.6) is 11.5 Å². The Balaban J connectivity index is 2.13. The van der Waals surface area contributed by atoms with Crippen LogP contribution in [0.25, 0.3) is 6.08 Å². The van der Waals surface area contributed by atoms with E-state index in [1.54, 1.807) is 24.3 Å². The molecule has 1 N–H and O–H groups in total. The number of amides is 1. The summed E-state index contributed by atoms with van der Waals surface area (Å²) in [6, 6.07) is 15.0. The van der Waals surface area contributed by atoms with Crippen molar-refractivity contribution in [2.45, 2.75) is 26.2 Å². The molecule has 2 aromatic rings. The van der Waals surface area contributed by atoms with E-state index in [-0.39, 0.29) is 17.9 Å². The molecule has 1 amide bonds. The summed E-state index contributed by atoms with van der Waals surface area (Å²) in [6.07, 6.45) is 3.18. The highest BCUT2D eigenvalue weighted by Gasteiger charge is 2.17. The summed E-state index contributed by atoms with van der Waals surface area (Å²) in [6.45, 7) is 6.27. The van der Waals surface area contributed by atoms with Crippen LogP contribution in [-0.2, 0) is 10.2 Å². The molecule has 2 aromatic carbocycles. The molecule has 0 aliphatic heterocycles. The van der Waals surface area contributed by atoms with Crippen LogP contribution in [0.15, 0.2) is 48.5 Å². The van der Waals surface area contributed by atoms with Gasteiger partial charge in [0.1, 0.15) is 6.07 Å². The molecule has 0 aliphatic carbocycles. The van der Waals surface area contributed by atoms with Gasteiger partial charge in [-0.15, -0.1) is 0 Å². The summed E-state index contributed by atoms with van der Waals surface area (Å²) in [5.41, 5.74) is 2.60. The Morgan fingerprint density at radius 1 is 1.19 bits per heavy atom. The van der Waals surface area contributed by atoms with Crippen LogP contribution < -0.4 is 14.8 Å². The maximum absolute atomic E-state index is 12.3. The summed E-state index contributed by atoms with van der Waals surface area (Å²) in [5, 5.41) is 11.5. The van der Waals surface area contributed by atoms with Crippen LogP contribution in [0.1, 0.15) is 31.9 Å². The Labute approximate surface area is 160 Å². The average Bonchev–Trinajstić information content (AvgIpc) is 2.64. The van der Waals surface area contributed by atoms with Crippen LogP contribution in [0, 0.1) is 11.3 Å². The SMILES string of the molecule is COc1cc(/C=C/C(=O)Nc2ccccc2C(C)(C)C)ccc1OCC#N. The fourth-order valence-corrected chi connectivity index (χ4v) is 2.61. The van der Waals surface area contributed by atoms with Crippen molar-refractivity contribution in [1.29, 1.82) is 5.26 Å². The van der Waals surface area contributed by atoms with Gasteiger partial charge in [-0.05, 0) is 40.8 Å². The Morgan fingerprint density at radius 3 is 2.59 bits per heavy atom. The van der Waals surface area contributed by atoms with Crippen LogP contribution in [0.2, 0.25) is 0 Å². The molecule has 2 rings (SSSR count). The van der Waals surface area contributed by atoms with Gasteiger partial charge in [0, 0.05) is 11.8 Å². The lowest BCUT2D eigenvalue weighted by Gasteiger charge is -2.22. The zero-order chi connectivity index (χ0) is 19.9. The Morgan fingerprint density at radius 2 is 1.93 bits per heavy atom. The van der Waals surface area contributed by atoms with Crippen molar-refractivity contribution in [1.82, 2.24) is 0 Å². The highest BCUT2D eigenvalue weighted by Crippen LogP contribution is 2.30. The first-order valence-corrected chi connectivity index (χ1v) is 8.61. The number of hydrogen-bond donors (Lipinski definition) is 1. The molecule has 140 valence electrons. The summed E-state index contributed by atoms with van der Waals surface area (Å²) in [7, 11) is 1.53. The van der Waals surface area contributed by atoms with E-state index in [9.17, 15) is 4.79 Å². The van der Waals surface area contributed by atoms with E-state index in [4.69, 9.17) is 14.7 Å². The predicted molar refractivity (Wildman–Crippen MR) is 107 cm³/mol. The highest BCUT2D eigenvalue weighted by atomic mass is 16.5. The number of carbonyl (C=O) groups is 1. The van der Waals surface area contributed by atoms with Gasteiger partial charge in [-0.25, -0.2) is 0 Å². The summed E-state index contributed by atoms with van der Waals surface area (Å²) < 4.78 is 10.6. The monoisotopic (exact) mass is 364 g/mol. The third-order valence-corrected chi connectivity index (χ3v) is 3.90. The van der Waals surface area contributed by atoms with Crippen LogP contribution in [-0.4, -0.2) is 19.6 Å². The van der Waals surface area contributed by atoms with E-state index in [2.05, 4.69) is 26.1 Å². The summed E-state index contributed by atoms with van der Waals surface area (Å²) >= 11 is 0. The van der Waals surface area contributed by atoms with Crippen molar-refractivity contribution in [2.75, 3.05) is 19.0 Å². The quantitative estimate of drug-likeness (QED) is 0.764. The van der Waals surface area contributed by atoms with Crippen molar-refractivity contribution < 1.29 is 14.3 Å². The molecule has 0 aliphatic rings. The smallest absolute Gasteiger partial charge is 0.248 e. The summed E-state index contributed by atoms with van der Waals surface area (Å²) in [5.74, 6) is 0.779. The van der Waals surface area contributed by atoms with Gasteiger partial charge in [0.25, 0.3) is 0 Å². The second-order valence-electron chi connectivity index (χ2n) is 6.98. The lowest BCUT2D eigenvalue weighted by Crippen LogP contribution is -2.17. The third-order valence-electron chi connectivity index (χ3n) is 3.90. The maximum atomic E-state index is 12.3. The minimum absolute atomic E-state index is 0.0544. The van der Waals surface area contributed by atoms with Crippen LogP contribution >= 0.6 is 0 Å².